The summed E-state index contributed by atoms with van der Waals surface area (Å²) >= 11 is 0. The maximum atomic E-state index is 11.2. The molecule has 2 atom stereocenters. The van der Waals surface area contributed by atoms with Crippen molar-refractivity contribution in [1.29, 1.82) is 0 Å². The fraction of sp³-hybridized carbons (Fsp3) is 0.500. The number of methoxy groups -OCH3 is 1. The second kappa shape index (κ2) is 4.70. The molecule has 1 N–H and O–H groups in total. The number of rotatable bonds is 4. The molecule has 0 spiro atoms. The maximum Gasteiger partial charge on any atom is 0.212 e. The predicted molar refractivity (Wildman–Crippen MR) is 83.1 cm³/mol. The highest BCUT2D eigenvalue weighted by atomic mass is 29.7. The quantitative estimate of drug-likeness (QED) is 0.810. The van der Waals surface area contributed by atoms with Crippen molar-refractivity contribution in [3.8, 4) is 0 Å². The molecule has 1 rings (SSSR count). The third kappa shape index (κ3) is 1.97. The van der Waals surface area contributed by atoms with Crippen LogP contribution in [0.3, 0.4) is 0 Å². The first kappa shape index (κ1) is 15.8. The van der Waals surface area contributed by atoms with E-state index >= 15 is 0 Å². The highest BCUT2D eigenvalue weighted by molar-refractivity contribution is 7.71. The second-order valence-electron chi connectivity index (χ2n) is 5.53. The van der Waals surface area contributed by atoms with Gasteiger partial charge in [0.25, 0.3) is 0 Å². The van der Waals surface area contributed by atoms with E-state index in [4.69, 9.17) is 9.16 Å². The van der Waals surface area contributed by atoms with E-state index in [1.165, 1.54) is 0 Å². The van der Waals surface area contributed by atoms with Gasteiger partial charge in [-0.2, -0.15) is 0 Å². The molecular weight excluding hydrogens is 276 g/mol. The van der Waals surface area contributed by atoms with Crippen LogP contribution in [0.25, 0.3) is 0 Å². The van der Waals surface area contributed by atoms with Gasteiger partial charge < -0.3 is 14.0 Å². The first-order valence-electron chi connectivity index (χ1n) is 6.04. The summed E-state index contributed by atoms with van der Waals surface area (Å²) in [7, 11) is -5.52. The average molecular weight is 301 g/mol. The Balaban J connectivity index is 3.47. The number of ether oxygens (including phenoxy) is 1. The van der Waals surface area contributed by atoms with Crippen LogP contribution in [0.4, 0.5) is 0 Å². The Morgan fingerprint density at radius 3 is 2.06 bits per heavy atom. The van der Waals surface area contributed by atoms with E-state index in [9.17, 15) is 4.80 Å². The molecule has 1 aliphatic heterocycles. The SMILES string of the molecule is C=C[Si]1(O)CC(C)(OC)O[Si](C)(C)[Si]1(C=C)C=C. The fourth-order valence-electron chi connectivity index (χ4n) is 3.10. The molecule has 0 aromatic rings. The summed E-state index contributed by atoms with van der Waals surface area (Å²) in [6, 6.07) is 0.501. The zero-order valence-corrected chi connectivity index (χ0v) is 14.8. The molecule has 6 heteroatoms. The first-order chi connectivity index (χ1) is 8.16. The molecular formula is C12H24O3Si3. The Hall–Kier alpha value is -0.249. The highest BCUT2D eigenvalue weighted by Gasteiger charge is 2.67. The summed E-state index contributed by atoms with van der Waals surface area (Å²) in [5.41, 5.74) is 5.64. The van der Waals surface area contributed by atoms with Gasteiger partial charge in [0.1, 0.15) is 0 Å². The zero-order valence-electron chi connectivity index (χ0n) is 11.8. The van der Waals surface area contributed by atoms with Crippen LogP contribution in [0.2, 0.25) is 19.1 Å². The molecule has 2 unspecified atom stereocenters. The van der Waals surface area contributed by atoms with Gasteiger partial charge in [0.15, 0.2) is 20.7 Å². The first-order valence-corrected chi connectivity index (χ1v) is 15.3. The van der Waals surface area contributed by atoms with E-state index in [1.54, 1.807) is 12.8 Å². The Morgan fingerprint density at radius 1 is 1.22 bits per heavy atom. The lowest BCUT2D eigenvalue weighted by atomic mass is 10.4. The summed E-state index contributed by atoms with van der Waals surface area (Å²) in [6.07, 6.45) is 0. The molecule has 0 aliphatic carbocycles. The number of hydrogen-bond acceptors (Lipinski definition) is 3. The standard InChI is InChI=1S/C12H24O3Si3/c1-8-17(13)11-12(4,14-5)15-16(6,7)18(17,9-2)10-3/h8-10,13H,1-3,11H2,4-7H3. The Kier molecular flexibility index (Phi) is 4.12. The van der Waals surface area contributed by atoms with Crippen molar-refractivity contribution in [1.82, 2.24) is 0 Å². The topological polar surface area (TPSA) is 38.7 Å². The van der Waals surface area contributed by atoms with Gasteiger partial charge >= 0.3 is 0 Å². The van der Waals surface area contributed by atoms with Gasteiger partial charge in [-0.3, -0.25) is 0 Å². The molecule has 0 radical (unpaired) electrons. The fourth-order valence-corrected chi connectivity index (χ4v) is 33.3. The highest BCUT2D eigenvalue weighted by Crippen LogP contribution is 2.44. The van der Waals surface area contributed by atoms with Crippen molar-refractivity contribution < 1.29 is 14.0 Å². The van der Waals surface area contributed by atoms with Crippen molar-refractivity contribution in [2.24, 2.45) is 0 Å². The van der Waals surface area contributed by atoms with Crippen LogP contribution in [-0.2, 0) is 9.16 Å². The van der Waals surface area contributed by atoms with Gasteiger partial charge in [-0.15, -0.1) is 19.7 Å². The summed E-state index contributed by atoms with van der Waals surface area (Å²) in [4.78, 5) is 11.2. The molecule has 1 aliphatic rings. The van der Waals surface area contributed by atoms with Crippen LogP contribution in [0.15, 0.2) is 36.8 Å². The van der Waals surface area contributed by atoms with Crippen LogP contribution < -0.4 is 0 Å². The van der Waals surface area contributed by atoms with Gasteiger partial charge in [-0.1, -0.05) is 17.1 Å². The van der Waals surface area contributed by atoms with Crippen molar-refractivity contribution in [3.63, 3.8) is 0 Å². The summed E-state index contributed by atoms with van der Waals surface area (Å²) < 4.78 is 11.8. The second-order valence-corrected chi connectivity index (χ2v) is 26.6. The summed E-state index contributed by atoms with van der Waals surface area (Å²) in [5.74, 6) is -0.715. The van der Waals surface area contributed by atoms with Crippen LogP contribution in [0, 0.1) is 0 Å². The van der Waals surface area contributed by atoms with Crippen molar-refractivity contribution in [2.75, 3.05) is 7.11 Å². The molecule has 0 aromatic carbocycles. The van der Waals surface area contributed by atoms with Gasteiger partial charge in [-0.05, 0) is 20.0 Å². The lowest BCUT2D eigenvalue weighted by molar-refractivity contribution is -0.141. The van der Waals surface area contributed by atoms with Gasteiger partial charge in [0.2, 0.25) is 7.83 Å². The molecule has 0 aromatic heterocycles. The molecule has 1 saturated heterocycles. The minimum atomic E-state index is -2.70. The Morgan fingerprint density at radius 2 is 1.72 bits per heavy atom. The monoisotopic (exact) mass is 300 g/mol. The maximum absolute atomic E-state index is 11.2. The lowest BCUT2D eigenvalue weighted by Gasteiger charge is -2.56. The largest absolute Gasteiger partial charge is 0.430 e. The molecule has 1 fully saturated rings. The Bertz CT molecular complexity index is 375. The average Bonchev–Trinajstić information content (AvgIpc) is 2.28. The van der Waals surface area contributed by atoms with E-state index < -0.39 is 28.6 Å². The summed E-state index contributed by atoms with van der Waals surface area (Å²) in [6.45, 7) is 18.0. The van der Waals surface area contributed by atoms with Crippen LogP contribution >= 0.6 is 0 Å². The van der Waals surface area contributed by atoms with Crippen LogP contribution in [0.1, 0.15) is 6.92 Å². The van der Waals surface area contributed by atoms with Crippen LogP contribution in [-0.4, -0.2) is 40.5 Å². The van der Waals surface area contributed by atoms with Gasteiger partial charge in [-0.25, -0.2) is 0 Å². The predicted octanol–water partition coefficient (Wildman–Crippen LogP) is 2.30. The van der Waals surface area contributed by atoms with Crippen molar-refractivity contribution in [2.45, 2.75) is 31.8 Å². The Labute approximate surface area is 113 Å². The zero-order chi connectivity index (χ0) is 14.2. The van der Waals surface area contributed by atoms with E-state index in [-0.39, 0.29) is 0 Å². The minimum Gasteiger partial charge on any atom is -0.430 e. The third-order valence-corrected chi connectivity index (χ3v) is 35.2. The number of hydrogen-bond donors (Lipinski definition) is 1. The van der Waals surface area contributed by atoms with E-state index in [0.29, 0.717) is 6.04 Å². The molecule has 0 saturated carbocycles. The lowest BCUT2D eigenvalue weighted by Crippen LogP contribution is -2.81. The summed E-state index contributed by atoms with van der Waals surface area (Å²) in [5, 5.41) is 0. The third-order valence-electron chi connectivity index (χ3n) is 4.19. The van der Waals surface area contributed by atoms with Crippen LogP contribution in [0.5, 0.6) is 0 Å². The molecule has 1 heterocycles. The van der Waals surface area contributed by atoms with Crippen molar-refractivity contribution in [3.05, 3.63) is 36.8 Å². The van der Waals surface area contributed by atoms with E-state index in [1.807, 2.05) is 18.3 Å². The van der Waals surface area contributed by atoms with E-state index in [0.717, 1.165) is 0 Å². The molecule has 18 heavy (non-hydrogen) atoms. The van der Waals surface area contributed by atoms with E-state index in [2.05, 4.69) is 32.8 Å². The van der Waals surface area contributed by atoms with Gasteiger partial charge in [0, 0.05) is 13.2 Å². The molecule has 3 nitrogen and oxygen atoms in total. The normalized spacial score (nSPS) is 37.8. The molecule has 102 valence electrons. The van der Waals surface area contributed by atoms with Gasteiger partial charge in [0.05, 0.1) is 0 Å². The molecule has 0 bridgehead atoms. The smallest absolute Gasteiger partial charge is 0.212 e. The van der Waals surface area contributed by atoms with Crippen molar-refractivity contribution >= 4 is 22.8 Å². The minimum absolute atomic E-state index is 0.501. The molecule has 0 amide bonds.